The average Bonchev–Trinajstić information content (AvgIpc) is 3.25. The lowest BCUT2D eigenvalue weighted by molar-refractivity contribution is -0.991. The van der Waals surface area contributed by atoms with Crippen molar-refractivity contribution in [2.24, 2.45) is 0 Å². The molecule has 6 rings (SSSR count). The molecule has 0 aliphatic carbocycles. The maximum Gasteiger partial charge on any atom is 0.246 e. The molecule has 0 spiro atoms. The van der Waals surface area contributed by atoms with Crippen molar-refractivity contribution in [3.8, 4) is 0 Å². The zero-order chi connectivity index (χ0) is 25.0. The third-order valence-corrected chi connectivity index (χ3v) is 7.48. The van der Waals surface area contributed by atoms with Gasteiger partial charge in [0.15, 0.2) is 5.69 Å². The molecule has 3 aromatic carbocycles. The van der Waals surface area contributed by atoms with Gasteiger partial charge in [0, 0.05) is 46.7 Å². The van der Waals surface area contributed by atoms with Crippen molar-refractivity contribution in [1.82, 2.24) is 14.8 Å². The van der Waals surface area contributed by atoms with E-state index < -0.39 is 17.3 Å². The number of amides is 2. The van der Waals surface area contributed by atoms with Gasteiger partial charge in [0.1, 0.15) is 12.6 Å². The highest BCUT2D eigenvalue weighted by Gasteiger charge is 2.48. The molecule has 8 nitrogen and oxygen atoms in total. The number of carbonyl (C=O) groups is 2. The Morgan fingerprint density at radius 3 is 2.64 bits per heavy atom. The molecule has 3 atom stereocenters. The van der Waals surface area contributed by atoms with Gasteiger partial charge in [0.2, 0.25) is 11.8 Å². The zero-order valence-corrected chi connectivity index (χ0v) is 19.9. The maximum absolute atomic E-state index is 13.8. The molecule has 2 amide bonds. The number of aromatic nitrogens is 1. The van der Waals surface area contributed by atoms with Crippen LogP contribution >= 0.6 is 11.6 Å². The van der Waals surface area contributed by atoms with Crippen LogP contribution in [0.4, 0.5) is 5.69 Å². The summed E-state index contributed by atoms with van der Waals surface area (Å²) in [5.41, 5.74) is 4.25. The molecule has 4 aromatic rings. The van der Waals surface area contributed by atoms with Gasteiger partial charge in [0.25, 0.3) is 0 Å². The second-order valence-corrected chi connectivity index (χ2v) is 9.61. The summed E-state index contributed by atoms with van der Waals surface area (Å²) < 4.78 is 0. The maximum atomic E-state index is 13.8. The molecule has 0 bridgehead atoms. The summed E-state index contributed by atoms with van der Waals surface area (Å²) in [6.07, 6.45) is 0.373. The summed E-state index contributed by atoms with van der Waals surface area (Å²) in [4.78, 5) is 34.1. The number of aromatic amines is 1. The third-order valence-electron chi connectivity index (χ3n) is 7.11. The molecule has 3 N–H and O–H groups in total. The number of nitrogens with one attached hydrogen (secondary N) is 2. The summed E-state index contributed by atoms with van der Waals surface area (Å²) in [7, 11) is 0. The Bertz CT molecular complexity index is 1500. The van der Waals surface area contributed by atoms with Crippen LogP contribution in [-0.4, -0.2) is 44.4 Å². The summed E-state index contributed by atoms with van der Waals surface area (Å²) in [6.45, 7) is 0.166. The highest BCUT2D eigenvalue weighted by atomic mass is 35.5. The van der Waals surface area contributed by atoms with Crippen LogP contribution < -0.4 is 5.23 Å². The Hall–Kier alpha value is -3.69. The minimum atomic E-state index is -1.05. The number of quaternary nitrogens is 1. The van der Waals surface area contributed by atoms with E-state index in [4.69, 9.17) is 11.6 Å². The molecule has 2 aliphatic heterocycles. The van der Waals surface area contributed by atoms with Crippen molar-refractivity contribution in [2.45, 2.75) is 25.0 Å². The van der Waals surface area contributed by atoms with Gasteiger partial charge in [-0.25, -0.2) is 5.21 Å². The van der Waals surface area contributed by atoms with Gasteiger partial charge >= 0.3 is 0 Å². The van der Waals surface area contributed by atoms with Crippen LogP contribution in [0.5, 0.6) is 0 Å². The molecule has 36 heavy (non-hydrogen) atoms. The van der Waals surface area contributed by atoms with Crippen LogP contribution in [0, 0.1) is 5.21 Å². The fourth-order valence-corrected chi connectivity index (χ4v) is 5.67. The largest absolute Gasteiger partial charge is 0.595 e. The first-order chi connectivity index (χ1) is 17.4. The summed E-state index contributed by atoms with van der Waals surface area (Å²) in [5.74, 6) is -0.341. The minimum Gasteiger partial charge on any atom is -0.595 e. The Balaban J connectivity index is 1.47. The molecule has 0 saturated carbocycles. The standard InChI is InChI=1S/C27H23ClN4O4/c28-21-10-3-1-6-17(21)14-30-15-24(33)31-23(27(30)34)13-20-19-9-2-4-11-22(19)29-25(20)26(31)16-7-5-8-18(12-16)32(35)36/h1-12,23,26,29,32,35H,13-15H2/t23-,26?/m0/s1. The first-order valence-electron chi connectivity index (χ1n) is 11.7. The van der Waals surface area contributed by atoms with Gasteiger partial charge in [0.05, 0.1) is 6.04 Å². The topological polar surface area (TPSA) is 104 Å². The number of piperazine rings is 1. The molecular weight excluding hydrogens is 480 g/mol. The van der Waals surface area contributed by atoms with Crippen molar-refractivity contribution in [3.63, 3.8) is 0 Å². The molecule has 9 heteroatoms. The van der Waals surface area contributed by atoms with Crippen molar-refractivity contribution in [2.75, 3.05) is 6.54 Å². The van der Waals surface area contributed by atoms with Crippen molar-refractivity contribution < 1.29 is 20.0 Å². The zero-order valence-electron chi connectivity index (χ0n) is 19.1. The number of para-hydroxylation sites is 1. The number of benzene rings is 3. The average molecular weight is 503 g/mol. The lowest BCUT2D eigenvalue weighted by atomic mass is 9.86. The monoisotopic (exact) mass is 502 g/mol. The molecule has 182 valence electrons. The number of hydrogen-bond donors (Lipinski definition) is 3. The van der Waals surface area contributed by atoms with Crippen LogP contribution in [0.3, 0.4) is 0 Å². The van der Waals surface area contributed by atoms with E-state index >= 15 is 0 Å². The molecule has 1 saturated heterocycles. The number of H-pyrrole nitrogens is 1. The highest BCUT2D eigenvalue weighted by Crippen LogP contribution is 2.43. The lowest BCUT2D eigenvalue weighted by Crippen LogP contribution is -2.99. The van der Waals surface area contributed by atoms with Crippen molar-refractivity contribution >= 4 is 40.0 Å². The minimum absolute atomic E-state index is 0.0781. The van der Waals surface area contributed by atoms with Gasteiger partial charge in [-0.05, 0) is 28.8 Å². The Labute approximate surface area is 211 Å². The Morgan fingerprint density at radius 2 is 1.83 bits per heavy atom. The van der Waals surface area contributed by atoms with Gasteiger partial charge in [-0.2, -0.15) is 5.23 Å². The lowest BCUT2D eigenvalue weighted by Gasteiger charge is -2.47. The van der Waals surface area contributed by atoms with Gasteiger partial charge in [-0.15, -0.1) is 0 Å². The van der Waals surface area contributed by atoms with E-state index in [0.717, 1.165) is 27.7 Å². The third kappa shape index (κ3) is 3.66. The highest BCUT2D eigenvalue weighted by molar-refractivity contribution is 6.31. The number of hydrogen-bond acceptors (Lipinski definition) is 4. The van der Waals surface area contributed by atoms with Crippen LogP contribution in [0.1, 0.15) is 28.4 Å². The fourth-order valence-electron chi connectivity index (χ4n) is 5.48. The van der Waals surface area contributed by atoms with Crippen LogP contribution in [0.2, 0.25) is 5.02 Å². The van der Waals surface area contributed by atoms with Gasteiger partial charge in [-0.1, -0.05) is 60.1 Å². The van der Waals surface area contributed by atoms with E-state index in [-0.39, 0.29) is 30.6 Å². The molecule has 1 fully saturated rings. The normalized spacial score (nSPS) is 20.4. The van der Waals surface area contributed by atoms with E-state index in [2.05, 4.69) is 4.98 Å². The van der Waals surface area contributed by atoms with E-state index in [1.165, 1.54) is 6.07 Å². The first kappa shape index (κ1) is 22.8. The fraction of sp³-hybridized carbons (Fsp3) is 0.185. The second-order valence-electron chi connectivity index (χ2n) is 9.20. The quantitative estimate of drug-likeness (QED) is 0.373. The number of rotatable bonds is 4. The number of carbonyl (C=O) groups excluding carboxylic acids is 2. The molecule has 2 aliphatic rings. The second kappa shape index (κ2) is 8.76. The van der Waals surface area contributed by atoms with Gasteiger partial charge in [-0.3, -0.25) is 9.59 Å². The Morgan fingerprint density at radius 1 is 1.06 bits per heavy atom. The molecule has 1 aromatic heterocycles. The van der Waals surface area contributed by atoms with E-state index in [0.29, 0.717) is 17.0 Å². The summed E-state index contributed by atoms with van der Waals surface area (Å²) >= 11 is 6.34. The van der Waals surface area contributed by atoms with Crippen LogP contribution in [0.25, 0.3) is 10.9 Å². The van der Waals surface area contributed by atoms with E-state index in [1.807, 2.05) is 48.5 Å². The Kier molecular flexibility index (Phi) is 5.54. The molecule has 2 unspecified atom stereocenters. The predicted molar refractivity (Wildman–Crippen MR) is 134 cm³/mol. The van der Waals surface area contributed by atoms with Crippen LogP contribution in [-0.2, 0) is 22.6 Å². The van der Waals surface area contributed by atoms with Crippen LogP contribution in [0.15, 0.2) is 72.8 Å². The molecule has 0 radical (unpaired) electrons. The SMILES string of the molecule is O=C1[C@@H]2Cc3c([nH]c4ccccc34)C(c3cccc([NH+]([O-])O)c3)N2C(=O)CN1Cc1ccccc1Cl. The van der Waals surface area contributed by atoms with E-state index in [9.17, 15) is 20.0 Å². The molecule has 3 heterocycles. The summed E-state index contributed by atoms with van der Waals surface area (Å²) in [6, 6.07) is 20.4. The predicted octanol–water partition coefficient (Wildman–Crippen LogP) is 3.11. The summed E-state index contributed by atoms with van der Waals surface area (Å²) in [5, 5.41) is 21.8. The van der Waals surface area contributed by atoms with Crippen molar-refractivity contribution in [3.05, 3.63) is 105 Å². The van der Waals surface area contributed by atoms with Gasteiger partial charge < -0.3 is 20.0 Å². The smallest absolute Gasteiger partial charge is 0.246 e. The first-order valence-corrected chi connectivity index (χ1v) is 12.1. The number of halogens is 1. The van der Waals surface area contributed by atoms with Crippen molar-refractivity contribution in [1.29, 1.82) is 0 Å². The molecular formula is C27H23ClN4O4. The number of nitrogens with zero attached hydrogens (tertiary/aromatic N) is 2. The van der Waals surface area contributed by atoms with E-state index in [1.54, 1.807) is 28.0 Å². The number of fused-ring (bicyclic) bond motifs is 4.